The maximum atomic E-state index is 13.0. The number of halogens is 1. The first-order chi connectivity index (χ1) is 17.8. The maximum absolute atomic E-state index is 13.0. The number of ether oxygens (including phenoxy) is 2. The number of hydrogen-bond acceptors (Lipinski definition) is 6. The van der Waals surface area contributed by atoms with E-state index >= 15 is 0 Å². The maximum Gasteiger partial charge on any atom is 0.266 e. The van der Waals surface area contributed by atoms with Gasteiger partial charge in [-0.25, -0.2) is 0 Å². The highest BCUT2D eigenvalue weighted by molar-refractivity contribution is 8.26. The lowest BCUT2D eigenvalue weighted by atomic mass is 10.1. The number of benzene rings is 3. The summed E-state index contributed by atoms with van der Waals surface area (Å²) in [6, 6.07) is 20.3. The van der Waals surface area contributed by atoms with Crippen LogP contribution in [0.4, 0.5) is 5.69 Å². The van der Waals surface area contributed by atoms with Gasteiger partial charge in [0.1, 0.15) is 4.32 Å². The molecule has 1 saturated heterocycles. The predicted octanol–water partition coefficient (Wildman–Crippen LogP) is 6.47. The van der Waals surface area contributed by atoms with Crippen molar-refractivity contribution in [3.05, 3.63) is 93.3 Å². The largest absolute Gasteiger partial charge is 0.490 e. The van der Waals surface area contributed by atoms with Crippen molar-refractivity contribution < 1.29 is 19.1 Å². The summed E-state index contributed by atoms with van der Waals surface area (Å²) in [7, 11) is 0. The van der Waals surface area contributed by atoms with Gasteiger partial charge in [0.25, 0.3) is 11.8 Å². The molecule has 2 amide bonds. The highest BCUT2D eigenvalue weighted by atomic mass is 35.5. The highest BCUT2D eigenvalue weighted by Gasteiger charge is 2.32. The van der Waals surface area contributed by atoms with E-state index in [1.54, 1.807) is 41.3 Å². The third kappa shape index (κ3) is 6.91. The Bertz CT molecular complexity index is 1360. The molecule has 0 saturated carbocycles. The Morgan fingerprint density at radius 1 is 1.08 bits per heavy atom. The Kier molecular flexibility index (Phi) is 8.87. The Morgan fingerprint density at radius 2 is 1.86 bits per heavy atom. The number of amides is 2. The first-order valence-electron chi connectivity index (χ1n) is 11.6. The molecule has 3 aromatic carbocycles. The summed E-state index contributed by atoms with van der Waals surface area (Å²) in [5.74, 6) is 0.445. The topological polar surface area (TPSA) is 67.9 Å². The predicted molar refractivity (Wildman–Crippen MR) is 153 cm³/mol. The van der Waals surface area contributed by atoms with Gasteiger partial charge in [0, 0.05) is 10.7 Å². The van der Waals surface area contributed by atoms with E-state index in [9.17, 15) is 9.59 Å². The number of nitrogens with one attached hydrogen (secondary N) is 1. The van der Waals surface area contributed by atoms with Crippen molar-refractivity contribution in [2.45, 2.75) is 20.4 Å². The summed E-state index contributed by atoms with van der Waals surface area (Å²) in [4.78, 5) is 27.6. The van der Waals surface area contributed by atoms with Crippen LogP contribution in [0.3, 0.4) is 0 Å². The average Bonchev–Trinajstić information content (AvgIpc) is 3.14. The van der Waals surface area contributed by atoms with E-state index < -0.39 is 0 Å². The molecule has 37 heavy (non-hydrogen) atoms. The number of carbonyl (C=O) groups excluding carboxylic acids is 2. The van der Waals surface area contributed by atoms with Crippen LogP contribution >= 0.6 is 35.6 Å². The molecule has 0 spiro atoms. The number of aryl methyl sites for hydroxylation is 1. The van der Waals surface area contributed by atoms with Crippen LogP contribution in [0.2, 0.25) is 5.02 Å². The third-order valence-corrected chi connectivity index (χ3v) is 7.07. The molecule has 6 nitrogen and oxygen atoms in total. The summed E-state index contributed by atoms with van der Waals surface area (Å²) in [5, 5.41) is 3.34. The second-order valence-corrected chi connectivity index (χ2v) is 10.3. The molecule has 9 heteroatoms. The lowest BCUT2D eigenvalue weighted by Gasteiger charge is -2.14. The van der Waals surface area contributed by atoms with Gasteiger partial charge < -0.3 is 14.8 Å². The number of carbonyl (C=O) groups is 2. The summed E-state index contributed by atoms with van der Waals surface area (Å²) < 4.78 is 12.0. The third-order valence-electron chi connectivity index (χ3n) is 5.45. The van der Waals surface area contributed by atoms with E-state index in [2.05, 4.69) is 5.32 Å². The van der Waals surface area contributed by atoms with Crippen molar-refractivity contribution in [2.75, 3.05) is 18.5 Å². The molecule has 0 bridgehead atoms. The molecule has 0 unspecified atom stereocenters. The van der Waals surface area contributed by atoms with E-state index in [-0.39, 0.29) is 18.4 Å². The van der Waals surface area contributed by atoms with Crippen LogP contribution in [0.5, 0.6) is 11.5 Å². The van der Waals surface area contributed by atoms with Crippen LogP contribution < -0.4 is 14.8 Å². The summed E-state index contributed by atoms with van der Waals surface area (Å²) in [6.07, 6.45) is 1.78. The van der Waals surface area contributed by atoms with E-state index in [1.807, 2.05) is 50.2 Å². The molecule has 1 N–H and O–H groups in total. The number of hydrogen-bond donors (Lipinski definition) is 1. The SMILES string of the molecule is CCOc1cc(/C=C2\SC(=S)N(Cc3ccccc3)C2=O)ccc1OCC(=O)Nc1cc(Cl)ccc1C. The van der Waals surface area contributed by atoms with Crippen LogP contribution in [-0.2, 0) is 16.1 Å². The van der Waals surface area contributed by atoms with Gasteiger partial charge in [-0.2, -0.15) is 0 Å². The van der Waals surface area contributed by atoms with Gasteiger partial charge in [0.15, 0.2) is 18.1 Å². The molecular formula is C28H25ClN2O4S2. The molecule has 0 atom stereocenters. The quantitative estimate of drug-likeness (QED) is 0.242. The van der Waals surface area contributed by atoms with Gasteiger partial charge >= 0.3 is 0 Å². The van der Waals surface area contributed by atoms with E-state index in [0.29, 0.717) is 44.6 Å². The molecular weight excluding hydrogens is 528 g/mol. The minimum atomic E-state index is -0.320. The monoisotopic (exact) mass is 552 g/mol. The first-order valence-corrected chi connectivity index (χ1v) is 13.2. The van der Waals surface area contributed by atoms with Gasteiger partial charge in [-0.05, 0) is 60.9 Å². The Hall–Kier alpha value is -3.33. The number of thioether (sulfide) groups is 1. The van der Waals surface area contributed by atoms with Gasteiger partial charge in [-0.3, -0.25) is 14.5 Å². The summed E-state index contributed by atoms with van der Waals surface area (Å²) in [6.45, 7) is 4.38. The zero-order valence-electron chi connectivity index (χ0n) is 20.3. The molecule has 0 radical (unpaired) electrons. The number of anilines is 1. The van der Waals surface area contributed by atoms with Crippen LogP contribution in [0.25, 0.3) is 6.08 Å². The van der Waals surface area contributed by atoms with Crippen molar-refractivity contribution in [3.63, 3.8) is 0 Å². The Labute approximate surface area is 230 Å². The van der Waals surface area contributed by atoms with Crippen molar-refractivity contribution in [2.24, 2.45) is 0 Å². The Balaban J connectivity index is 1.44. The summed E-state index contributed by atoms with van der Waals surface area (Å²) in [5.41, 5.74) is 3.29. The molecule has 1 aliphatic heterocycles. The van der Waals surface area contributed by atoms with Crippen molar-refractivity contribution in [1.29, 1.82) is 0 Å². The molecule has 3 aromatic rings. The fourth-order valence-electron chi connectivity index (χ4n) is 3.61. The second kappa shape index (κ2) is 12.3. The van der Waals surface area contributed by atoms with Crippen molar-refractivity contribution in [3.8, 4) is 11.5 Å². The van der Waals surface area contributed by atoms with Gasteiger partial charge in [-0.15, -0.1) is 0 Å². The highest BCUT2D eigenvalue weighted by Crippen LogP contribution is 2.35. The molecule has 1 fully saturated rings. The van der Waals surface area contributed by atoms with Gasteiger partial charge in [0.2, 0.25) is 0 Å². The zero-order valence-corrected chi connectivity index (χ0v) is 22.7. The zero-order chi connectivity index (χ0) is 26.4. The van der Waals surface area contributed by atoms with Crippen LogP contribution in [0.1, 0.15) is 23.6 Å². The van der Waals surface area contributed by atoms with Crippen molar-refractivity contribution in [1.82, 2.24) is 4.90 Å². The molecule has 1 aliphatic rings. The minimum absolute atomic E-state index is 0.134. The lowest BCUT2D eigenvalue weighted by molar-refractivity contribution is -0.122. The van der Waals surface area contributed by atoms with Crippen LogP contribution in [0.15, 0.2) is 71.6 Å². The molecule has 0 aliphatic carbocycles. The second-order valence-electron chi connectivity index (χ2n) is 8.19. The van der Waals surface area contributed by atoms with Crippen LogP contribution in [-0.4, -0.2) is 34.2 Å². The molecule has 190 valence electrons. The normalized spacial score (nSPS) is 14.2. The fourth-order valence-corrected chi connectivity index (χ4v) is 5.04. The first kappa shape index (κ1) is 26.7. The van der Waals surface area contributed by atoms with E-state index in [0.717, 1.165) is 16.7 Å². The fraction of sp³-hybridized carbons (Fsp3) is 0.179. The van der Waals surface area contributed by atoms with Gasteiger partial charge in [-0.1, -0.05) is 78.0 Å². The lowest BCUT2D eigenvalue weighted by Crippen LogP contribution is -2.27. The van der Waals surface area contributed by atoms with E-state index in [1.165, 1.54) is 11.8 Å². The molecule has 0 aromatic heterocycles. The standard InChI is InChI=1S/C28H25ClN2O4S2/c1-3-34-24-13-20(14-25-27(33)31(28(36)37-25)16-19-7-5-4-6-8-19)10-12-23(24)35-17-26(32)30-22-15-21(29)11-9-18(22)2/h4-15H,3,16-17H2,1-2H3,(H,30,32)/b25-14-. The molecule has 1 heterocycles. The average molecular weight is 553 g/mol. The van der Waals surface area contributed by atoms with E-state index in [4.69, 9.17) is 33.3 Å². The minimum Gasteiger partial charge on any atom is -0.490 e. The number of nitrogens with zero attached hydrogens (tertiary/aromatic N) is 1. The van der Waals surface area contributed by atoms with Crippen molar-refractivity contribution >= 4 is 63.5 Å². The number of thiocarbonyl (C=S) groups is 1. The smallest absolute Gasteiger partial charge is 0.266 e. The summed E-state index contributed by atoms with van der Waals surface area (Å²) >= 11 is 12.8. The number of rotatable bonds is 9. The Morgan fingerprint density at radius 3 is 2.62 bits per heavy atom. The van der Waals surface area contributed by atoms with Crippen LogP contribution in [0, 0.1) is 6.92 Å². The molecule has 4 rings (SSSR count). The van der Waals surface area contributed by atoms with Gasteiger partial charge in [0.05, 0.1) is 18.1 Å².